The lowest BCUT2D eigenvalue weighted by atomic mass is 10.2. The van der Waals surface area contributed by atoms with E-state index < -0.39 is 49.4 Å². The molecule has 0 unspecified atom stereocenters. The maximum absolute atomic E-state index is 12.6. The summed E-state index contributed by atoms with van der Waals surface area (Å²) in [5, 5.41) is 15.1. The van der Waals surface area contributed by atoms with Gasteiger partial charge in [-0.2, -0.15) is 13.2 Å². The standard InChI is InChI=1S/C7H4F5N3O4S/c8-6(9)3-4(15(16)17)5(20(13,18)19)2(1-14-3)7(10,11)12/h1,6H,(H2,13,18,19). The van der Waals surface area contributed by atoms with E-state index in [1.807, 2.05) is 0 Å². The molecule has 1 rings (SSSR count). The normalized spacial score (nSPS) is 12.8. The van der Waals surface area contributed by atoms with Gasteiger partial charge in [0.1, 0.15) is 5.56 Å². The Hall–Kier alpha value is -1.89. The molecule has 0 saturated carbocycles. The summed E-state index contributed by atoms with van der Waals surface area (Å²) in [6.45, 7) is 0. The number of hydrogen-bond donors (Lipinski definition) is 1. The molecule has 0 atom stereocenters. The van der Waals surface area contributed by atoms with Gasteiger partial charge in [-0.05, 0) is 0 Å². The van der Waals surface area contributed by atoms with Crippen molar-refractivity contribution in [1.82, 2.24) is 4.98 Å². The van der Waals surface area contributed by atoms with E-state index in [4.69, 9.17) is 0 Å². The molecule has 0 radical (unpaired) electrons. The number of rotatable bonds is 3. The van der Waals surface area contributed by atoms with Gasteiger partial charge >= 0.3 is 11.9 Å². The van der Waals surface area contributed by atoms with Crippen LogP contribution in [0.5, 0.6) is 0 Å². The lowest BCUT2D eigenvalue weighted by Crippen LogP contribution is -2.22. The van der Waals surface area contributed by atoms with E-state index in [0.29, 0.717) is 0 Å². The molecule has 7 nitrogen and oxygen atoms in total. The first-order valence-corrected chi connectivity index (χ1v) is 5.97. The molecule has 20 heavy (non-hydrogen) atoms. The first-order chi connectivity index (χ1) is 8.87. The van der Waals surface area contributed by atoms with Crippen molar-refractivity contribution in [3.8, 4) is 0 Å². The van der Waals surface area contributed by atoms with Crippen LogP contribution >= 0.6 is 0 Å². The summed E-state index contributed by atoms with van der Waals surface area (Å²) in [6.07, 6.45) is -9.27. The molecule has 0 saturated heterocycles. The quantitative estimate of drug-likeness (QED) is 0.515. The Morgan fingerprint density at radius 1 is 1.35 bits per heavy atom. The highest BCUT2D eigenvalue weighted by Gasteiger charge is 2.44. The number of hydrogen-bond acceptors (Lipinski definition) is 5. The highest BCUT2D eigenvalue weighted by Crippen LogP contribution is 2.40. The Morgan fingerprint density at radius 2 is 1.85 bits per heavy atom. The van der Waals surface area contributed by atoms with E-state index >= 15 is 0 Å². The van der Waals surface area contributed by atoms with Crippen LogP contribution < -0.4 is 5.14 Å². The molecule has 2 N–H and O–H groups in total. The van der Waals surface area contributed by atoms with Crippen molar-refractivity contribution in [3.05, 3.63) is 27.6 Å². The average molecular weight is 321 g/mol. The van der Waals surface area contributed by atoms with E-state index in [1.54, 1.807) is 0 Å². The maximum Gasteiger partial charge on any atom is 0.419 e. The number of sulfonamides is 1. The summed E-state index contributed by atoms with van der Waals surface area (Å²) in [7, 11) is -5.28. The fraction of sp³-hybridized carbons (Fsp3) is 0.286. The molecule has 1 heterocycles. The van der Waals surface area contributed by atoms with Crippen LogP contribution in [0.2, 0.25) is 0 Å². The smallest absolute Gasteiger partial charge is 0.258 e. The molecule has 0 amide bonds. The number of nitro groups is 1. The lowest BCUT2D eigenvalue weighted by Gasteiger charge is -2.12. The summed E-state index contributed by atoms with van der Waals surface area (Å²) in [5.41, 5.74) is -5.79. The Bertz CT molecular complexity index is 657. The zero-order chi connectivity index (χ0) is 15.9. The number of primary sulfonamides is 1. The molecule has 1 aromatic heterocycles. The van der Waals surface area contributed by atoms with Crippen LogP contribution in [0.3, 0.4) is 0 Å². The minimum absolute atomic E-state index is 0.242. The zero-order valence-corrected chi connectivity index (χ0v) is 9.87. The summed E-state index contributed by atoms with van der Waals surface area (Å²) in [4.78, 5) is 9.48. The Kier molecular flexibility index (Phi) is 3.96. The Balaban J connectivity index is 3.97. The molecule has 112 valence electrons. The summed E-state index contributed by atoms with van der Waals surface area (Å²) in [6, 6.07) is 0. The van der Waals surface area contributed by atoms with Gasteiger partial charge in [0.15, 0.2) is 10.6 Å². The topological polar surface area (TPSA) is 116 Å². The molecular formula is C7H4F5N3O4S. The molecule has 13 heteroatoms. The molecule has 0 spiro atoms. The number of pyridine rings is 1. The van der Waals surface area contributed by atoms with Crippen LogP contribution in [0.15, 0.2) is 11.1 Å². The number of nitrogens with two attached hydrogens (primary N) is 1. The fourth-order valence-electron chi connectivity index (χ4n) is 1.32. The van der Waals surface area contributed by atoms with Gasteiger partial charge in [-0.25, -0.2) is 27.3 Å². The molecule has 0 aliphatic carbocycles. The number of aromatic nitrogens is 1. The van der Waals surface area contributed by atoms with Crippen LogP contribution in [0.4, 0.5) is 27.6 Å². The second-order valence-corrected chi connectivity index (χ2v) is 4.83. The third-order valence-electron chi connectivity index (χ3n) is 2.01. The summed E-state index contributed by atoms with van der Waals surface area (Å²) >= 11 is 0. The van der Waals surface area contributed by atoms with Gasteiger partial charge in [0, 0.05) is 6.20 Å². The second kappa shape index (κ2) is 4.90. The first-order valence-electron chi connectivity index (χ1n) is 4.42. The highest BCUT2D eigenvalue weighted by atomic mass is 32.2. The number of nitrogens with zero attached hydrogens (tertiary/aromatic N) is 2. The van der Waals surface area contributed by atoms with Crippen LogP contribution in [0, 0.1) is 10.1 Å². The van der Waals surface area contributed by atoms with E-state index in [2.05, 4.69) is 10.1 Å². The van der Waals surface area contributed by atoms with Gasteiger partial charge in [-0.3, -0.25) is 10.1 Å². The summed E-state index contributed by atoms with van der Waals surface area (Å²) in [5.74, 6) is 0. The summed E-state index contributed by atoms with van der Waals surface area (Å²) < 4.78 is 85.0. The number of alkyl halides is 5. The van der Waals surface area contributed by atoms with Gasteiger partial charge in [-0.15, -0.1) is 0 Å². The van der Waals surface area contributed by atoms with Gasteiger partial charge in [0.25, 0.3) is 6.43 Å². The van der Waals surface area contributed by atoms with Crippen LogP contribution in [-0.4, -0.2) is 18.3 Å². The van der Waals surface area contributed by atoms with Crippen molar-refractivity contribution in [1.29, 1.82) is 0 Å². The van der Waals surface area contributed by atoms with Crippen LogP contribution in [0.1, 0.15) is 17.7 Å². The third-order valence-corrected chi connectivity index (χ3v) is 3.00. The largest absolute Gasteiger partial charge is 0.419 e. The Labute approximate surface area is 107 Å². The molecule has 0 aliphatic rings. The predicted molar refractivity (Wildman–Crippen MR) is 52.2 cm³/mol. The maximum atomic E-state index is 12.6. The monoisotopic (exact) mass is 321 g/mol. The molecular weight excluding hydrogens is 317 g/mol. The van der Waals surface area contributed by atoms with E-state index in [9.17, 15) is 40.5 Å². The van der Waals surface area contributed by atoms with Crippen LogP contribution in [0.25, 0.3) is 0 Å². The lowest BCUT2D eigenvalue weighted by molar-refractivity contribution is -0.390. The van der Waals surface area contributed by atoms with E-state index in [-0.39, 0.29) is 6.20 Å². The molecule has 0 fully saturated rings. The minimum atomic E-state index is -5.37. The third kappa shape index (κ3) is 2.98. The first kappa shape index (κ1) is 16.2. The van der Waals surface area contributed by atoms with Gasteiger partial charge in [0.05, 0.1) is 4.92 Å². The highest BCUT2D eigenvalue weighted by molar-refractivity contribution is 7.89. The molecule has 1 aromatic rings. The number of halogens is 5. The van der Waals surface area contributed by atoms with Crippen LogP contribution in [-0.2, 0) is 16.2 Å². The van der Waals surface area contributed by atoms with Crippen molar-refractivity contribution < 1.29 is 35.3 Å². The van der Waals surface area contributed by atoms with Crippen molar-refractivity contribution >= 4 is 15.7 Å². The van der Waals surface area contributed by atoms with Crippen molar-refractivity contribution in [2.45, 2.75) is 17.5 Å². The molecule has 0 bridgehead atoms. The molecule has 0 aliphatic heterocycles. The fourth-order valence-corrected chi connectivity index (χ4v) is 2.25. The average Bonchev–Trinajstić information content (AvgIpc) is 2.24. The molecule has 0 aromatic carbocycles. The van der Waals surface area contributed by atoms with Crippen molar-refractivity contribution in [2.75, 3.05) is 0 Å². The second-order valence-electron chi connectivity index (χ2n) is 3.34. The SMILES string of the molecule is NS(=O)(=O)c1c(C(F)(F)F)cnc(C(F)F)c1[N+](=O)[O-]. The Morgan fingerprint density at radius 3 is 2.15 bits per heavy atom. The minimum Gasteiger partial charge on any atom is -0.258 e. The van der Waals surface area contributed by atoms with E-state index in [0.717, 1.165) is 0 Å². The predicted octanol–water partition coefficient (Wildman–Crippen LogP) is 1.59. The zero-order valence-electron chi connectivity index (χ0n) is 9.06. The van der Waals surface area contributed by atoms with Crippen molar-refractivity contribution in [3.63, 3.8) is 0 Å². The van der Waals surface area contributed by atoms with Gasteiger partial charge in [-0.1, -0.05) is 0 Å². The van der Waals surface area contributed by atoms with Gasteiger partial charge < -0.3 is 0 Å². The van der Waals surface area contributed by atoms with E-state index in [1.165, 1.54) is 0 Å². The van der Waals surface area contributed by atoms with Crippen molar-refractivity contribution in [2.24, 2.45) is 5.14 Å². The van der Waals surface area contributed by atoms with Gasteiger partial charge in [0.2, 0.25) is 10.0 Å².